The summed E-state index contributed by atoms with van der Waals surface area (Å²) in [7, 11) is 0. The molecular formula is C18H31N. The van der Waals surface area contributed by atoms with Crippen molar-refractivity contribution in [3.05, 3.63) is 35.9 Å². The quantitative estimate of drug-likeness (QED) is 0.699. The van der Waals surface area contributed by atoms with Crippen LogP contribution in [0.15, 0.2) is 30.3 Å². The summed E-state index contributed by atoms with van der Waals surface area (Å²) < 4.78 is 0. The van der Waals surface area contributed by atoms with E-state index >= 15 is 0 Å². The number of rotatable bonds is 7. The van der Waals surface area contributed by atoms with Crippen LogP contribution in [0.5, 0.6) is 0 Å². The first-order valence-electron chi connectivity index (χ1n) is 7.80. The molecule has 108 valence electrons. The lowest BCUT2D eigenvalue weighted by Crippen LogP contribution is -2.39. The topological polar surface area (TPSA) is 12.0 Å². The Labute approximate surface area is 119 Å². The third-order valence-corrected chi connectivity index (χ3v) is 3.80. The summed E-state index contributed by atoms with van der Waals surface area (Å²) in [6.07, 6.45) is 5.09. The van der Waals surface area contributed by atoms with E-state index in [1.54, 1.807) is 0 Å². The molecule has 1 nitrogen and oxygen atoms in total. The van der Waals surface area contributed by atoms with E-state index in [2.05, 4.69) is 70.3 Å². The third kappa shape index (κ3) is 5.36. The van der Waals surface area contributed by atoms with Gasteiger partial charge in [0.25, 0.3) is 0 Å². The van der Waals surface area contributed by atoms with Crippen molar-refractivity contribution in [2.45, 2.75) is 72.4 Å². The molecule has 0 amide bonds. The lowest BCUT2D eigenvalue weighted by atomic mass is 9.81. The normalized spacial score (nSPS) is 15.2. The Bertz CT molecular complexity index is 336. The van der Waals surface area contributed by atoms with Gasteiger partial charge in [-0.05, 0) is 23.8 Å². The average Bonchev–Trinajstić information content (AvgIpc) is 2.38. The van der Waals surface area contributed by atoms with Crippen molar-refractivity contribution < 1.29 is 0 Å². The molecule has 1 heteroatoms. The SMILES string of the molecule is CCCCC(CC)NC(c1ccccc1)C(C)(C)C. The Balaban J connectivity index is 2.81. The summed E-state index contributed by atoms with van der Waals surface area (Å²) in [4.78, 5) is 0. The van der Waals surface area contributed by atoms with Crippen molar-refractivity contribution in [2.75, 3.05) is 0 Å². The summed E-state index contributed by atoms with van der Waals surface area (Å²) in [5.41, 5.74) is 1.64. The zero-order valence-corrected chi connectivity index (χ0v) is 13.4. The minimum atomic E-state index is 0.237. The fourth-order valence-corrected chi connectivity index (χ4v) is 2.58. The molecule has 0 aliphatic rings. The fourth-order valence-electron chi connectivity index (χ4n) is 2.58. The van der Waals surface area contributed by atoms with Crippen molar-refractivity contribution in [3.8, 4) is 0 Å². The molecule has 1 aromatic rings. The fraction of sp³-hybridized carbons (Fsp3) is 0.667. The maximum atomic E-state index is 3.89. The summed E-state index contributed by atoms with van der Waals surface area (Å²) in [6.45, 7) is 11.5. The first kappa shape index (κ1) is 16.2. The maximum Gasteiger partial charge on any atom is 0.0371 e. The standard InChI is InChI=1S/C18H31N/c1-6-8-14-16(7-2)19-17(18(3,4)5)15-12-10-9-11-13-15/h9-13,16-17,19H,6-8,14H2,1-5H3. The van der Waals surface area contributed by atoms with E-state index in [-0.39, 0.29) is 5.41 Å². The molecule has 0 saturated carbocycles. The highest BCUT2D eigenvalue weighted by molar-refractivity contribution is 5.21. The van der Waals surface area contributed by atoms with Crippen molar-refractivity contribution in [2.24, 2.45) is 5.41 Å². The molecule has 0 fully saturated rings. The number of benzene rings is 1. The van der Waals surface area contributed by atoms with Gasteiger partial charge in [-0.2, -0.15) is 0 Å². The van der Waals surface area contributed by atoms with E-state index < -0.39 is 0 Å². The molecule has 0 spiro atoms. The van der Waals surface area contributed by atoms with Gasteiger partial charge in [0.15, 0.2) is 0 Å². The maximum absolute atomic E-state index is 3.89. The van der Waals surface area contributed by atoms with Crippen molar-refractivity contribution in [1.29, 1.82) is 0 Å². The van der Waals surface area contributed by atoms with Gasteiger partial charge in [-0.15, -0.1) is 0 Å². The minimum absolute atomic E-state index is 0.237. The van der Waals surface area contributed by atoms with E-state index in [0.717, 1.165) is 0 Å². The van der Waals surface area contributed by atoms with Crippen LogP contribution in [-0.4, -0.2) is 6.04 Å². The highest BCUT2D eigenvalue weighted by Gasteiger charge is 2.27. The highest BCUT2D eigenvalue weighted by atomic mass is 15.0. The van der Waals surface area contributed by atoms with Gasteiger partial charge in [0.2, 0.25) is 0 Å². The van der Waals surface area contributed by atoms with E-state index in [9.17, 15) is 0 Å². The van der Waals surface area contributed by atoms with Crippen LogP contribution in [0.4, 0.5) is 0 Å². The van der Waals surface area contributed by atoms with E-state index in [1.807, 2.05) is 0 Å². The Morgan fingerprint density at radius 1 is 1.05 bits per heavy atom. The first-order valence-corrected chi connectivity index (χ1v) is 7.80. The van der Waals surface area contributed by atoms with Crippen LogP contribution >= 0.6 is 0 Å². The first-order chi connectivity index (χ1) is 8.99. The molecule has 0 aliphatic carbocycles. The molecule has 0 heterocycles. The van der Waals surface area contributed by atoms with Gasteiger partial charge in [0.05, 0.1) is 0 Å². The van der Waals surface area contributed by atoms with Crippen molar-refractivity contribution in [1.82, 2.24) is 5.32 Å². The molecule has 0 aliphatic heterocycles. The highest BCUT2D eigenvalue weighted by Crippen LogP contribution is 2.33. The molecular weight excluding hydrogens is 230 g/mol. The summed E-state index contributed by atoms with van der Waals surface area (Å²) in [5.74, 6) is 0. The van der Waals surface area contributed by atoms with E-state index in [4.69, 9.17) is 0 Å². The second-order valence-corrected chi connectivity index (χ2v) is 6.62. The third-order valence-electron chi connectivity index (χ3n) is 3.80. The van der Waals surface area contributed by atoms with Crippen LogP contribution in [0.1, 0.15) is 71.9 Å². The van der Waals surface area contributed by atoms with Crippen LogP contribution in [0.3, 0.4) is 0 Å². The number of hydrogen-bond donors (Lipinski definition) is 1. The van der Waals surface area contributed by atoms with Crippen molar-refractivity contribution >= 4 is 0 Å². The van der Waals surface area contributed by atoms with E-state index in [0.29, 0.717) is 12.1 Å². The van der Waals surface area contributed by atoms with Gasteiger partial charge in [-0.3, -0.25) is 0 Å². The molecule has 1 N–H and O–H groups in total. The van der Waals surface area contributed by atoms with Crippen LogP contribution in [0.2, 0.25) is 0 Å². The number of hydrogen-bond acceptors (Lipinski definition) is 1. The predicted octanol–water partition coefficient (Wildman–Crippen LogP) is 5.33. The number of nitrogens with one attached hydrogen (secondary N) is 1. The molecule has 19 heavy (non-hydrogen) atoms. The Kier molecular flexibility index (Phi) is 6.57. The lowest BCUT2D eigenvalue weighted by Gasteiger charge is -2.35. The molecule has 0 saturated heterocycles. The number of unbranched alkanes of at least 4 members (excludes halogenated alkanes) is 1. The Morgan fingerprint density at radius 3 is 2.16 bits per heavy atom. The summed E-state index contributed by atoms with van der Waals surface area (Å²) in [5, 5.41) is 3.89. The van der Waals surface area contributed by atoms with Gasteiger partial charge in [-0.25, -0.2) is 0 Å². The molecule has 0 bridgehead atoms. The van der Waals surface area contributed by atoms with Crippen LogP contribution in [0, 0.1) is 5.41 Å². The average molecular weight is 261 g/mol. The molecule has 0 aromatic heterocycles. The largest absolute Gasteiger partial charge is 0.307 e. The second kappa shape index (κ2) is 7.69. The monoisotopic (exact) mass is 261 g/mol. The zero-order chi connectivity index (χ0) is 14.3. The summed E-state index contributed by atoms with van der Waals surface area (Å²) >= 11 is 0. The van der Waals surface area contributed by atoms with Gasteiger partial charge < -0.3 is 5.32 Å². The van der Waals surface area contributed by atoms with Gasteiger partial charge >= 0.3 is 0 Å². The predicted molar refractivity (Wildman–Crippen MR) is 85.4 cm³/mol. The van der Waals surface area contributed by atoms with Crippen LogP contribution in [0.25, 0.3) is 0 Å². The lowest BCUT2D eigenvalue weighted by molar-refractivity contribution is 0.240. The molecule has 0 radical (unpaired) electrons. The van der Waals surface area contributed by atoms with Gasteiger partial charge in [0, 0.05) is 12.1 Å². The Morgan fingerprint density at radius 2 is 1.68 bits per heavy atom. The second-order valence-electron chi connectivity index (χ2n) is 6.62. The molecule has 1 rings (SSSR count). The molecule has 1 aromatic carbocycles. The van der Waals surface area contributed by atoms with Gasteiger partial charge in [0.1, 0.15) is 0 Å². The molecule has 2 unspecified atom stereocenters. The van der Waals surface area contributed by atoms with Crippen LogP contribution in [-0.2, 0) is 0 Å². The minimum Gasteiger partial charge on any atom is -0.307 e. The smallest absolute Gasteiger partial charge is 0.0371 e. The Hall–Kier alpha value is -0.820. The summed E-state index contributed by atoms with van der Waals surface area (Å²) in [6, 6.07) is 11.9. The van der Waals surface area contributed by atoms with E-state index in [1.165, 1.54) is 31.2 Å². The van der Waals surface area contributed by atoms with Crippen molar-refractivity contribution in [3.63, 3.8) is 0 Å². The zero-order valence-electron chi connectivity index (χ0n) is 13.4. The molecule has 2 atom stereocenters. The van der Waals surface area contributed by atoms with Gasteiger partial charge in [-0.1, -0.05) is 77.8 Å². The van der Waals surface area contributed by atoms with Crippen LogP contribution < -0.4 is 5.32 Å².